The van der Waals surface area contributed by atoms with Crippen LogP contribution in [0.1, 0.15) is 11.1 Å². The van der Waals surface area contributed by atoms with Gasteiger partial charge in [-0.15, -0.1) is 0 Å². The van der Waals surface area contributed by atoms with E-state index >= 15 is 0 Å². The zero-order chi connectivity index (χ0) is 14.8. The van der Waals surface area contributed by atoms with Crippen LogP contribution in [0.25, 0.3) is 0 Å². The van der Waals surface area contributed by atoms with Gasteiger partial charge in [-0.3, -0.25) is 0 Å². The molecule has 0 saturated heterocycles. The Labute approximate surface area is 113 Å². The van der Waals surface area contributed by atoms with E-state index in [1.807, 2.05) is 0 Å². The highest BCUT2D eigenvalue weighted by Gasteiger charge is 2.31. The summed E-state index contributed by atoms with van der Waals surface area (Å²) in [7, 11) is 0. The number of rotatable bonds is 3. The van der Waals surface area contributed by atoms with Gasteiger partial charge >= 0.3 is 6.18 Å². The number of benzene rings is 2. The minimum atomic E-state index is -4.50. The molecule has 0 unspecified atom stereocenters. The summed E-state index contributed by atoms with van der Waals surface area (Å²) in [5, 5.41) is 2.63. The van der Waals surface area contributed by atoms with E-state index in [0.29, 0.717) is 17.3 Å². The Balaban J connectivity index is 2.19. The third kappa shape index (κ3) is 3.20. The molecular weight excluding hydrogens is 272 g/mol. The number of nitrogens with one attached hydrogen (secondary N) is 1. The molecule has 0 bridgehead atoms. The van der Waals surface area contributed by atoms with E-state index in [1.54, 1.807) is 24.3 Å². The molecule has 2 aromatic carbocycles. The van der Waals surface area contributed by atoms with E-state index in [4.69, 9.17) is 5.73 Å². The van der Waals surface area contributed by atoms with Crippen molar-refractivity contribution in [1.29, 1.82) is 0 Å². The summed E-state index contributed by atoms with van der Waals surface area (Å²) in [6.45, 7) is 0.144. The molecule has 0 radical (unpaired) electrons. The van der Waals surface area contributed by atoms with Crippen LogP contribution < -0.4 is 11.1 Å². The third-order valence-corrected chi connectivity index (χ3v) is 2.82. The lowest BCUT2D eigenvalue weighted by Gasteiger charge is -2.12. The molecular formula is C14H12F4N2. The van der Waals surface area contributed by atoms with Crippen molar-refractivity contribution in [2.24, 2.45) is 0 Å². The molecule has 3 N–H and O–H groups in total. The fraction of sp³-hybridized carbons (Fsp3) is 0.143. The van der Waals surface area contributed by atoms with Crippen LogP contribution >= 0.6 is 0 Å². The maximum Gasteiger partial charge on any atom is 0.416 e. The molecule has 6 heteroatoms. The van der Waals surface area contributed by atoms with E-state index in [2.05, 4.69) is 5.32 Å². The minimum absolute atomic E-state index is 0.144. The monoisotopic (exact) mass is 284 g/mol. The quantitative estimate of drug-likeness (QED) is 0.659. The van der Waals surface area contributed by atoms with Crippen LogP contribution in [0.5, 0.6) is 0 Å². The van der Waals surface area contributed by atoms with Gasteiger partial charge in [-0.05, 0) is 29.8 Å². The third-order valence-electron chi connectivity index (χ3n) is 2.82. The van der Waals surface area contributed by atoms with E-state index < -0.39 is 17.6 Å². The number of nitrogens with two attached hydrogens (primary N) is 1. The summed E-state index contributed by atoms with van der Waals surface area (Å²) < 4.78 is 51.2. The number of anilines is 2. The fourth-order valence-corrected chi connectivity index (χ4v) is 1.72. The Morgan fingerprint density at radius 1 is 1.05 bits per heavy atom. The highest BCUT2D eigenvalue weighted by Crippen LogP contribution is 2.32. The normalized spacial score (nSPS) is 11.4. The second-order valence-corrected chi connectivity index (χ2v) is 4.24. The van der Waals surface area contributed by atoms with Crippen molar-refractivity contribution in [3.8, 4) is 0 Å². The maximum atomic E-state index is 13.5. The van der Waals surface area contributed by atoms with Crippen LogP contribution in [0, 0.1) is 5.82 Å². The molecule has 0 aromatic heterocycles. The molecule has 2 rings (SSSR count). The maximum absolute atomic E-state index is 13.5. The molecule has 0 atom stereocenters. The van der Waals surface area contributed by atoms with Gasteiger partial charge in [-0.1, -0.05) is 18.2 Å². The largest absolute Gasteiger partial charge is 0.416 e. The minimum Gasteiger partial charge on any atom is -0.398 e. The lowest BCUT2D eigenvalue weighted by Crippen LogP contribution is -2.08. The van der Waals surface area contributed by atoms with Gasteiger partial charge in [0.05, 0.1) is 11.3 Å². The second-order valence-electron chi connectivity index (χ2n) is 4.24. The summed E-state index contributed by atoms with van der Waals surface area (Å²) in [6, 6.07) is 9.11. The van der Waals surface area contributed by atoms with E-state index in [0.717, 1.165) is 12.1 Å². The molecule has 0 aliphatic carbocycles. The van der Waals surface area contributed by atoms with Gasteiger partial charge in [0.2, 0.25) is 0 Å². The first kappa shape index (κ1) is 14.2. The van der Waals surface area contributed by atoms with Gasteiger partial charge in [0, 0.05) is 12.2 Å². The zero-order valence-electron chi connectivity index (χ0n) is 10.3. The van der Waals surface area contributed by atoms with Gasteiger partial charge in [0.1, 0.15) is 5.82 Å². The molecule has 0 aliphatic heterocycles. The molecule has 0 saturated carbocycles. The first-order valence-corrected chi connectivity index (χ1v) is 5.82. The molecule has 20 heavy (non-hydrogen) atoms. The average Bonchev–Trinajstić information content (AvgIpc) is 2.38. The number of hydrogen-bond donors (Lipinski definition) is 2. The average molecular weight is 284 g/mol. The number of halogens is 4. The molecule has 0 heterocycles. The van der Waals surface area contributed by atoms with Crippen LogP contribution in [0.15, 0.2) is 42.5 Å². The van der Waals surface area contributed by atoms with Crippen molar-refractivity contribution in [2.45, 2.75) is 12.7 Å². The van der Waals surface area contributed by atoms with Gasteiger partial charge in [0.25, 0.3) is 0 Å². The van der Waals surface area contributed by atoms with E-state index in [9.17, 15) is 17.6 Å². The summed E-state index contributed by atoms with van der Waals surface area (Å²) in [4.78, 5) is 0. The second kappa shape index (κ2) is 5.40. The number of para-hydroxylation sites is 1. The summed E-state index contributed by atoms with van der Waals surface area (Å²) in [5.74, 6) is -0.743. The lowest BCUT2D eigenvalue weighted by atomic mass is 10.1. The van der Waals surface area contributed by atoms with Crippen LogP contribution in [-0.2, 0) is 12.7 Å². The van der Waals surface area contributed by atoms with Crippen LogP contribution in [0.4, 0.5) is 28.9 Å². The Bertz CT molecular complexity index is 608. The van der Waals surface area contributed by atoms with Gasteiger partial charge in [-0.2, -0.15) is 13.2 Å². The summed E-state index contributed by atoms with van der Waals surface area (Å²) >= 11 is 0. The predicted octanol–water partition coefficient (Wildman–Crippen LogP) is 4.04. The van der Waals surface area contributed by atoms with Gasteiger partial charge in [0.15, 0.2) is 0 Å². The first-order valence-electron chi connectivity index (χ1n) is 5.82. The number of hydrogen-bond acceptors (Lipinski definition) is 2. The lowest BCUT2D eigenvalue weighted by molar-refractivity contribution is -0.137. The molecule has 2 nitrogen and oxygen atoms in total. The van der Waals surface area contributed by atoms with Gasteiger partial charge in [-0.25, -0.2) is 4.39 Å². The standard InChI is InChI=1S/C14H12F4N2/c15-11-6-5-10(14(16,17)18)7-13(11)20-8-9-3-1-2-4-12(9)19/h1-7,20H,8,19H2. The number of alkyl halides is 3. The topological polar surface area (TPSA) is 38.0 Å². The van der Waals surface area contributed by atoms with Crippen molar-refractivity contribution in [3.05, 3.63) is 59.4 Å². The predicted molar refractivity (Wildman–Crippen MR) is 69.6 cm³/mol. The Kier molecular flexibility index (Phi) is 3.83. The zero-order valence-corrected chi connectivity index (χ0v) is 10.3. The van der Waals surface area contributed by atoms with Crippen molar-refractivity contribution < 1.29 is 17.6 Å². The first-order chi connectivity index (χ1) is 9.38. The number of nitrogen functional groups attached to an aromatic ring is 1. The Hall–Kier alpha value is -2.24. The summed E-state index contributed by atoms with van der Waals surface area (Å²) in [6.07, 6.45) is -4.50. The molecule has 0 amide bonds. The smallest absolute Gasteiger partial charge is 0.398 e. The highest BCUT2D eigenvalue weighted by molar-refractivity contribution is 5.52. The molecule has 0 fully saturated rings. The van der Waals surface area contributed by atoms with E-state index in [1.165, 1.54) is 0 Å². The van der Waals surface area contributed by atoms with Crippen LogP contribution in [0.2, 0.25) is 0 Å². The van der Waals surface area contributed by atoms with Gasteiger partial charge < -0.3 is 11.1 Å². The van der Waals surface area contributed by atoms with Crippen LogP contribution in [0.3, 0.4) is 0 Å². The summed E-state index contributed by atoms with van der Waals surface area (Å²) in [5.41, 5.74) is 5.78. The van der Waals surface area contributed by atoms with Crippen molar-refractivity contribution >= 4 is 11.4 Å². The molecule has 2 aromatic rings. The Morgan fingerprint density at radius 2 is 1.75 bits per heavy atom. The highest BCUT2D eigenvalue weighted by atomic mass is 19.4. The molecule has 106 valence electrons. The van der Waals surface area contributed by atoms with Crippen molar-refractivity contribution in [2.75, 3.05) is 11.1 Å². The van der Waals surface area contributed by atoms with Crippen molar-refractivity contribution in [3.63, 3.8) is 0 Å². The SMILES string of the molecule is Nc1ccccc1CNc1cc(C(F)(F)F)ccc1F. The fourth-order valence-electron chi connectivity index (χ4n) is 1.72. The Morgan fingerprint density at radius 3 is 2.40 bits per heavy atom. The molecule has 0 aliphatic rings. The van der Waals surface area contributed by atoms with Crippen LogP contribution in [-0.4, -0.2) is 0 Å². The molecule has 0 spiro atoms. The van der Waals surface area contributed by atoms with E-state index in [-0.39, 0.29) is 12.2 Å². The van der Waals surface area contributed by atoms with Crippen molar-refractivity contribution in [1.82, 2.24) is 0 Å².